The average molecular weight is 209 g/mol. The molecule has 0 atom stereocenters. The Hall–Kier alpha value is -1.43. The molecule has 0 spiro atoms. The van der Waals surface area contributed by atoms with E-state index in [1.54, 1.807) is 0 Å². The summed E-state index contributed by atoms with van der Waals surface area (Å²) < 4.78 is 1.82. The first-order valence-electron chi connectivity index (χ1n) is 5.02. The summed E-state index contributed by atoms with van der Waals surface area (Å²) in [5, 5.41) is 10.7. The van der Waals surface area contributed by atoms with E-state index in [2.05, 4.69) is 15.6 Å². The predicted octanol–water partition coefficient (Wildman–Crippen LogP) is -0.638. The Labute approximate surface area is 87.8 Å². The van der Waals surface area contributed by atoms with Gasteiger partial charge in [-0.25, -0.2) is 4.68 Å². The Morgan fingerprint density at radius 3 is 3.00 bits per heavy atom. The van der Waals surface area contributed by atoms with Gasteiger partial charge in [0.1, 0.15) is 5.69 Å². The maximum absolute atomic E-state index is 10.7. The van der Waals surface area contributed by atoms with Gasteiger partial charge in [0.2, 0.25) is 5.91 Å². The lowest BCUT2D eigenvalue weighted by Gasteiger charge is -2.10. The first-order valence-corrected chi connectivity index (χ1v) is 5.02. The molecule has 6 heteroatoms. The van der Waals surface area contributed by atoms with Crippen LogP contribution in [0.4, 0.5) is 0 Å². The van der Waals surface area contributed by atoms with Crippen molar-refractivity contribution in [1.29, 1.82) is 0 Å². The summed E-state index contributed by atoms with van der Waals surface area (Å²) in [4.78, 5) is 10.7. The molecule has 0 unspecified atom stereocenters. The molecule has 0 aromatic carbocycles. The number of hydrogen-bond donors (Lipinski definition) is 2. The second-order valence-corrected chi connectivity index (χ2v) is 3.99. The van der Waals surface area contributed by atoms with Crippen molar-refractivity contribution in [3.05, 3.63) is 11.9 Å². The van der Waals surface area contributed by atoms with Crippen molar-refractivity contribution in [2.45, 2.75) is 31.8 Å². The molecule has 0 bridgehead atoms. The van der Waals surface area contributed by atoms with Crippen LogP contribution >= 0.6 is 0 Å². The molecule has 1 aromatic heterocycles. The van der Waals surface area contributed by atoms with E-state index in [-0.39, 0.29) is 11.4 Å². The highest BCUT2D eigenvalue weighted by Gasteiger charge is 2.44. The second-order valence-electron chi connectivity index (χ2n) is 3.99. The minimum Gasteiger partial charge on any atom is -0.351 e. The quantitative estimate of drug-likeness (QED) is 0.690. The van der Waals surface area contributed by atoms with Crippen LogP contribution in [0.15, 0.2) is 6.20 Å². The molecule has 0 radical (unpaired) electrons. The van der Waals surface area contributed by atoms with Gasteiger partial charge in [-0.15, -0.1) is 5.10 Å². The molecule has 0 saturated heterocycles. The molecule has 1 heterocycles. The van der Waals surface area contributed by atoms with E-state index in [1.807, 2.05) is 10.9 Å². The highest BCUT2D eigenvalue weighted by molar-refractivity contribution is 5.72. The van der Waals surface area contributed by atoms with Crippen LogP contribution in [-0.2, 0) is 16.9 Å². The number of carbonyl (C=O) groups excluding carboxylic acids is 1. The first-order chi connectivity index (χ1) is 7.16. The van der Waals surface area contributed by atoms with Crippen molar-refractivity contribution in [2.24, 2.45) is 5.73 Å². The highest BCUT2D eigenvalue weighted by Crippen LogP contribution is 2.41. The van der Waals surface area contributed by atoms with E-state index in [1.165, 1.54) is 6.92 Å². The van der Waals surface area contributed by atoms with Crippen molar-refractivity contribution < 1.29 is 4.79 Å². The lowest BCUT2D eigenvalue weighted by molar-refractivity contribution is -0.119. The summed E-state index contributed by atoms with van der Waals surface area (Å²) in [6.45, 7) is 2.50. The van der Waals surface area contributed by atoms with Gasteiger partial charge in [-0.1, -0.05) is 5.21 Å². The van der Waals surface area contributed by atoms with E-state index < -0.39 is 0 Å². The summed E-state index contributed by atoms with van der Waals surface area (Å²) in [7, 11) is 0. The maximum Gasteiger partial charge on any atom is 0.217 e. The van der Waals surface area contributed by atoms with Crippen LogP contribution in [0.25, 0.3) is 0 Å². The number of hydrogen-bond acceptors (Lipinski definition) is 4. The predicted molar refractivity (Wildman–Crippen MR) is 53.8 cm³/mol. The molecule has 1 fully saturated rings. The Morgan fingerprint density at radius 2 is 2.47 bits per heavy atom. The Balaban J connectivity index is 2.01. The van der Waals surface area contributed by atoms with Crippen molar-refractivity contribution in [3.8, 4) is 0 Å². The van der Waals surface area contributed by atoms with Gasteiger partial charge < -0.3 is 11.1 Å². The molecule has 2 rings (SSSR count). The Morgan fingerprint density at radius 1 is 1.73 bits per heavy atom. The number of aromatic nitrogens is 3. The van der Waals surface area contributed by atoms with E-state index >= 15 is 0 Å². The van der Waals surface area contributed by atoms with E-state index in [0.29, 0.717) is 13.1 Å². The summed E-state index contributed by atoms with van der Waals surface area (Å²) in [5.74, 6) is -0.0653. The highest BCUT2D eigenvalue weighted by atomic mass is 16.1. The van der Waals surface area contributed by atoms with Gasteiger partial charge in [-0.3, -0.25) is 4.79 Å². The van der Waals surface area contributed by atoms with Crippen LogP contribution in [0, 0.1) is 0 Å². The molecule has 15 heavy (non-hydrogen) atoms. The lowest BCUT2D eigenvalue weighted by atomic mass is 10.3. The molecule has 1 aliphatic rings. The van der Waals surface area contributed by atoms with Crippen LogP contribution < -0.4 is 11.1 Å². The smallest absolute Gasteiger partial charge is 0.217 e. The fraction of sp³-hybridized carbons (Fsp3) is 0.667. The van der Waals surface area contributed by atoms with Crippen LogP contribution in [0.1, 0.15) is 25.5 Å². The monoisotopic (exact) mass is 209 g/mol. The van der Waals surface area contributed by atoms with Crippen LogP contribution in [0.5, 0.6) is 0 Å². The molecule has 6 nitrogen and oxygen atoms in total. The molecule has 1 saturated carbocycles. The number of nitrogens with two attached hydrogens (primary N) is 1. The standard InChI is InChI=1S/C9H15N5O/c1-7(15)11-4-8-5-14(13-12-8)9(6-10)2-3-9/h5H,2-4,6,10H2,1H3,(H,11,15). The van der Waals surface area contributed by atoms with Crippen LogP contribution in [0.2, 0.25) is 0 Å². The van der Waals surface area contributed by atoms with Crippen molar-refractivity contribution in [3.63, 3.8) is 0 Å². The zero-order valence-corrected chi connectivity index (χ0v) is 8.73. The summed E-state index contributed by atoms with van der Waals surface area (Å²) in [5.41, 5.74) is 6.44. The first kappa shape index (κ1) is 10.1. The van der Waals surface area contributed by atoms with Gasteiger partial charge in [0.25, 0.3) is 0 Å². The van der Waals surface area contributed by atoms with Gasteiger partial charge in [0, 0.05) is 13.5 Å². The topological polar surface area (TPSA) is 85.8 Å². The number of rotatable bonds is 4. The molecule has 0 aliphatic heterocycles. The van der Waals surface area contributed by atoms with E-state index in [9.17, 15) is 4.79 Å². The number of nitrogens with zero attached hydrogens (tertiary/aromatic N) is 3. The minimum atomic E-state index is -0.0653. The number of carbonyl (C=O) groups is 1. The third kappa shape index (κ3) is 1.99. The normalized spacial score (nSPS) is 17.5. The molecular weight excluding hydrogens is 194 g/mol. The second kappa shape index (κ2) is 3.62. The van der Waals surface area contributed by atoms with Gasteiger partial charge >= 0.3 is 0 Å². The molecule has 82 valence electrons. The zero-order valence-electron chi connectivity index (χ0n) is 8.73. The largest absolute Gasteiger partial charge is 0.351 e. The van der Waals surface area contributed by atoms with Crippen molar-refractivity contribution in [2.75, 3.05) is 6.54 Å². The number of amides is 1. The fourth-order valence-corrected chi connectivity index (χ4v) is 1.50. The van der Waals surface area contributed by atoms with Gasteiger partial charge in [-0.2, -0.15) is 0 Å². The summed E-state index contributed by atoms with van der Waals surface area (Å²) in [6, 6.07) is 0. The zero-order chi connectivity index (χ0) is 10.9. The molecule has 1 aliphatic carbocycles. The molecule has 1 amide bonds. The summed E-state index contributed by atoms with van der Waals surface area (Å²) >= 11 is 0. The number of nitrogens with one attached hydrogen (secondary N) is 1. The Bertz CT molecular complexity index is 368. The lowest BCUT2D eigenvalue weighted by Crippen LogP contribution is -2.27. The van der Waals surface area contributed by atoms with E-state index in [0.717, 1.165) is 18.5 Å². The molecular formula is C9H15N5O. The SMILES string of the molecule is CC(=O)NCc1cn(C2(CN)CC2)nn1. The Kier molecular flexibility index (Phi) is 2.44. The third-order valence-corrected chi connectivity index (χ3v) is 2.75. The average Bonchev–Trinajstić information content (AvgIpc) is 2.87. The van der Waals surface area contributed by atoms with Crippen molar-refractivity contribution >= 4 is 5.91 Å². The minimum absolute atomic E-state index is 0.00146. The fourth-order valence-electron chi connectivity index (χ4n) is 1.50. The van der Waals surface area contributed by atoms with E-state index in [4.69, 9.17) is 5.73 Å². The van der Waals surface area contributed by atoms with Crippen molar-refractivity contribution in [1.82, 2.24) is 20.3 Å². The van der Waals surface area contributed by atoms with Gasteiger partial charge in [0.05, 0.1) is 18.3 Å². The third-order valence-electron chi connectivity index (χ3n) is 2.75. The molecule has 3 N–H and O–H groups in total. The summed E-state index contributed by atoms with van der Waals surface area (Å²) in [6.07, 6.45) is 3.98. The van der Waals surface area contributed by atoms with Gasteiger partial charge in [0.15, 0.2) is 0 Å². The van der Waals surface area contributed by atoms with Crippen LogP contribution in [-0.4, -0.2) is 27.4 Å². The van der Waals surface area contributed by atoms with Crippen LogP contribution in [0.3, 0.4) is 0 Å². The van der Waals surface area contributed by atoms with Gasteiger partial charge in [-0.05, 0) is 12.8 Å². The molecule has 1 aromatic rings. The maximum atomic E-state index is 10.7.